The molecule has 4 aromatic rings. The highest BCUT2D eigenvalue weighted by molar-refractivity contribution is 5.97. The fraction of sp³-hybridized carbons (Fsp3) is 0.111. The van der Waals surface area contributed by atoms with Gasteiger partial charge < -0.3 is 14.9 Å². The molecule has 0 spiro atoms. The van der Waals surface area contributed by atoms with Gasteiger partial charge in [0.25, 0.3) is 0 Å². The van der Waals surface area contributed by atoms with Crippen LogP contribution in [0, 0.1) is 0 Å². The van der Waals surface area contributed by atoms with Crippen molar-refractivity contribution in [3.05, 3.63) is 60.6 Å². The molecular formula is C18H16N4O. The Kier molecular flexibility index (Phi) is 3.12. The first-order valence-corrected chi connectivity index (χ1v) is 7.46. The zero-order valence-corrected chi connectivity index (χ0v) is 12.7. The number of hydrogen-bond donors (Lipinski definition) is 2. The fourth-order valence-corrected chi connectivity index (χ4v) is 2.87. The number of imidazole rings is 1. The van der Waals surface area contributed by atoms with Crippen LogP contribution in [0.4, 0.5) is 5.69 Å². The number of para-hydroxylation sites is 1. The summed E-state index contributed by atoms with van der Waals surface area (Å²) in [5, 5.41) is 4.03. The number of carbonyl (C=O) groups excluding carboxylic acids is 1. The number of H-pyrrole nitrogens is 1. The van der Waals surface area contributed by atoms with Gasteiger partial charge in [0.1, 0.15) is 0 Å². The zero-order valence-electron chi connectivity index (χ0n) is 12.7. The monoisotopic (exact) mass is 304 g/mol. The van der Waals surface area contributed by atoms with E-state index in [1.165, 1.54) is 0 Å². The Morgan fingerprint density at radius 3 is 3.04 bits per heavy atom. The Morgan fingerprint density at radius 2 is 2.13 bits per heavy atom. The van der Waals surface area contributed by atoms with Crippen molar-refractivity contribution in [2.45, 2.75) is 6.42 Å². The average Bonchev–Trinajstić information content (AvgIpc) is 3.12. The third kappa shape index (κ3) is 2.46. The summed E-state index contributed by atoms with van der Waals surface area (Å²) in [6.07, 6.45) is 4.00. The number of benzene rings is 2. The lowest BCUT2D eigenvalue weighted by atomic mass is 10.1. The number of rotatable bonds is 3. The number of fused-ring (bicyclic) bond motifs is 2. The minimum atomic E-state index is -0.0370. The number of aromatic amines is 1. The Hall–Kier alpha value is -3.08. The first-order valence-electron chi connectivity index (χ1n) is 7.46. The first-order chi connectivity index (χ1) is 11.2. The molecule has 0 atom stereocenters. The summed E-state index contributed by atoms with van der Waals surface area (Å²) in [6, 6.07) is 13.7. The predicted octanol–water partition coefficient (Wildman–Crippen LogP) is 3.24. The molecule has 0 bridgehead atoms. The number of amides is 1. The summed E-state index contributed by atoms with van der Waals surface area (Å²) in [7, 11) is 1.95. The van der Waals surface area contributed by atoms with Crippen LogP contribution in [0.3, 0.4) is 0 Å². The smallest absolute Gasteiger partial charge is 0.228 e. The van der Waals surface area contributed by atoms with Crippen molar-refractivity contribution in [3.8, 4) is 0 Å². The van der Waals surface area contributed by atoms with E-state index < -0.39 is 0 Å². The second-order valence-electron chi connectivity index (χ2n) is 5.64. The molecule has 0 aliphatic rings. The van der Waals surface area contributed by atoms with Crippen molar-refractivity contribution in [2.24, 2.45) is 7.05 Å². The van der Waals surface area contributed by atoms with Crippen LogP contribution in [-0.2, 0) is 18.3 Å². The summed E-state index contributed by atoms with van der Waals surface area (Å²) in [4.78, 5) is 19.8. The number of hydrogen-bond acceptors (Lipinski definition) is 2. The quantitative estimate of drug-likeness (QED) is 0.610. The number of nitrogens with one attached hydrogen (secondary N) is 2. The maximum Gasteiger partial charge on any atom is 0.228 e. The van der Waals surface area contributed by atoms with Gasteiger partial charge in [0, 0.05) is 29.8 Å². The largest absolute Gasteiger partial charge is 0.361 e. The third-order valence-electron chi connectivity index (χ3n) is 4.04. The van der Waals surface area contributed by atoms with E-state index in [1.54, 1.807) is 6.33 Å². The van der Waals surface area contributed by atoms with Crippen molar-refractivity contribution in [2.75, 3.05) is 5.32 Å². The van der Waals surface area contributed by atoms with Crippen LogP contribution in [0.2, 0.25) is 0 Å². The van der Waals surface area contributed by atoms with Crippen molar-refractivity contribution in [3.63, 3.8) is 0 Å². The van der Waals surface area contributed by atoms with Gasteiger partial charge in [-0.25, -0.2) is 4.98 Å². The second kappa shape index (κ2) is 5.28. The topological polar surface area (TPSA) is 62.7 Å². The van der Waals surface area contributed by atoms with Crippen LogP contribution >= 0.6 is 0 Å². The third-order valence-corrected chi connectivity index (χ3v) is 4.04. The van der Waals surface area contributed by atoms with Gasteiger partial charge in [-0.2, -0.15) is 0 Å². The van der Waals surface area contributed by atoms with Crippen LogP contribution in [0.15, 0.2) is 55.0 Å². The molecule has 0 aliphatic carbocycles. The summed E-state index contributed by atoms with van der Waals surface area (Å²) in [5.41, 5.74) is 4.72. The Bertz CT molecular complexity index is 1010. The molecule has 0 saturated carbocycles. The Labute approximate surface area is 133 Å². The van der Waals surface area contributed by atoms with Gasteiger partial charge in [-0.1, -0.05) is 18.2 Å². The summed E-state index contributed by atoms with van der Waals surface area (Å²) in [6.45, 7) is 0. The van der Waals surface area contributed by atoms with E-state index in [0.29, 0.717) is 6.42 Å². The van der Waals surface area contributed by atoms with E-state index in [0.717, 1.165) is 33.2 Å². The van der Waals surface area contributed by atoms with E-state index in [9.17, 15) is 4.79 Å². The lowest BCUT2D eigenvalue weighted by molar-refractivity contribution is -0.115. The van der Waals surface area contributed by atoms with E-state index >= 15 is 0 Å². The van der Waals surface area contributed by atoms with Crippen molar-refractivity contribution >= 4 is 33.5 Å². The van der Waals surface area contributed by atoms with Gasteiger partial charge in [0.15, 0.2) is 0 Å². The molecule has 114 valence electrons. The minimum Gasteiger partial charge on any atom is -0.361 e. The predicted molar refractivity (Wildman–Crippen MR) is 91.3 cm³/mol. The number of aryl methyl sites for hydroxylation is 1. The fourth-order valence-electron chi connectivity index (χ4n) is 2.87. The zero-order chi connectivity index (χ0) is 15.8. The van der Waals surface area contributed by atoms with Crippen LogP contribution in [-0.4, -0.2) is 20.4 Å². The van der Waals surface area contributed by atoms with Gasteiger partial charge in [0.05, 0.1) is 23.8 Å². The number of aromatic nitrogens is 3. The van der Waals surface area contributed by atoms with Crippen molar-refractivity contribution in [1.82, 2.24) is 14.5 Å². The SMILES string of the molecule is Cn1cnc2cc(NC(=O)Cc3c[nH]c4ccccc34)ccc21. The molecule has 0 unspecified atom stereocenters. The molecule has 0 aliphatic heterocycles. The number of nitrogens with zero attached hydrogens (tertiary/aromatic N) is 2. The summed E-state index contributed by atoms with van der Waals surface area (Å²) < 4.78 is 1.95. The van der Waals surface area contributed by atoms with Gasteiger partial charge in [-0.3, -0.25) is 4.79 Å². The van der Waals surface area contributed by atoms with Gasteiger partial charge in [-0.15, -0.1) is 0 Å². The summed E-state index contributed by atoms with van der Waals surface area (Å²) >= 11 is 0. The standard InChI is InChI=1S/C18H16N4O/c1-22-11-20-16-9-13(6-7-17(16)22)21-18(23)8-12-10-19-15-5-3-2-4-14(12)15/h2-7,9-11,19H,8H2,1H3,(H,21,23). The van der Waals surface area contributed by atoms with Gasteiger partial charge in [-0.05, 0) is 29.8 Å². The van der Waals surface area contributed by atoms with Crippen LogP contribution < -0.4 is 5.32 Å². The molecule has 1 amide bonds. The van der Waals surface area contributed by atoms with Gasteiger partial charge in [0.2, 0.25) is 5.91 Å². The van der Waals surface area contributed by atoms with Crippen molar-refractivity contribution < 1.29 is 4.79 Å². The van der Waals surface area contributed by atoms with Crippen LogP contribution in [0.25, 0.3) is 21.9 Å². The molecule has 4 rings (SSSR count). The van der Waals surface area contributed by atoms with E-state index in [1.807, 2.05) is 60.3 Å². The van der Waals surface area contributed by atoms with E-state index in [-0.39, 0.29) is 5.91 Å². The Morgan fingerprint density at radius 1 is 1.26 bits per heavy atom. The molecular weight excluding hydrogens is 288 g/mol. The number of anilines is 1. The number of carbonyl (C=O) groups is 1. The molecule has 0 fully saturated rings. The van der Waals surface area contributed by atoms with E-state index in [4.69, 9.17) is 0 Å². The van der Waals surface area contributed by atoms with Gasteiger partial charge >= 0.3 is 0 Å². The lowest BCUT2D eigenvalue weighted by Gasteiger charge is -2.05. The molecule has 2 aromatic carbocycles. The lowest BCUT2D eigenvalue weighted by Crippen LogP contribution is -2.14. The van der Waals surface area contributed by atoms with Crippen LogP contribution in [0.1, 0.15) is 5.56 Å². The molecule has 0 saturated heterocycles. The average molecular weight is 304 g/mol. The minimum absolute atomic E-state index is 0.0370. The van der Waals surface area contributed by atoms with E-state index in [2.05, 4.69) is 15.3 Å². The highest BCUT2D eigenvalue weighted by Gasteiger charge is 2.09. The molecule has 5 nitrogen and oxygen atoms in total. The summed E-state index contributed by atoms with van der Waals surface area (Å²) in [5.74, 6) is -0.0370. The van der Waals surface area contributed by atoms with Crippen molar-refractivity contribution in [1.29, 1.82) is 0 Å². The molecule has 2 N–H and O–H groups in total. The first kappa shape index (κ1) is 13.6. The molecule has 2 heterocycles. The second-order valence-corrected chi connectivity index (χ2v) is 5.64. The maximum atomic E-state index is 12.3. The van der Waals surface area contributed by atoms with Crippen LogP contribution in [0.5, 0.6) is 0 Å². The molecule has 23 heavy (non-hydrogen) atoms. The molecule has 0 radical (unpaired) electrons. The highest BCUT2D eigenvalue weighted by atomic mass is 16.1. The highest BCUT2D eigenvalue weighted by Crippen LogP contribution is 2.20. The molecule has 2 aromatic heterocycles. The normalized spacial score (nSPS) is 11.2. The Balaban J connectivity index is 1.54. The molecule has 5 heteroatoms. The maximum absolute atomic E-state index is 12.3.